The van der Waals surface area contributed by atoms with Gasteiger partial charge in [0.25, 0.3) is 0 Å². The molecule has 3 rings (SSSR count). The molecular formula is C23H26O8. The van der Waals surface area contributed by atoms with E-state index < -0.39 is 35.0 Å². The predicted octanol–water partition coefficient (Wildman–Crippen LogP) is 3.73. The summed E-state index contributed by atoms with van der Waals surface area (Å²) in [6.45, 7) is 10.4. The van der Waals surface area contributed by atoms with Crippen LogP contribution in [0.5, 0.6) is 11.5 Å². The summed E-state index contributed by atoms with van der Waals surface area (Å²) in [5.74, 6) is -1.53. The van der Waals surface area contributed by atoms with E-state index in [1.807, 2.05) is 0 Å². The van der Waals surface area contributed by atoms with Crippen LogP contribution in [-0.2, 0) is 19.0 Å². The molecule has 31 heavy (non-hydrogen) atoms. The third-order valence-electron chi connectivity index (χ3n) is 4.25. The van der Waals surface area contributed by atoms with Crippen molar-refractivity contribution in [2.45, 2.75) is 58.8 Å². The van der Waals surface area contributed by atoms with Gasteiger partial charge in [-0.1, -0.05) is 0 Å². The van der Waals surface area contributed by atoms with E-state index in [0.717, 1.165) is 0 Å². The summed E-state index contributed by atoms with van der Waals surface area (Å²) in [6, 6.07) is 2.90. The second-order valence-electron chi connectivity index (χ2n) is 9.16. The summed E-state index contributed by atoms with van der Waals surface area (Å²) >= 11 is 0. The fourth-order valence-corrected chi connectivity index (χ4v) is 3.04. The second-order valence-corrected chi connectivity index (χ2v) is 9.16. The minimum absolute atomic E-state index is 0.0115. The van der Waals surface area contributed by atoms with E-state index in [9.17, 15) is 14.4 Å². The standard InChI is InChI=1S/C23H26O8/c1-22(2,3)30-20(25)14-9-12(27-7)8-13-17(24)15-10-28-11-16(19(15)29-18(13)14)21(26)31-23(4,5)6/h8-11,19H,1-7H3. The normalized spacial score (nSPS) is 17.8. The van der Waals surface area contributed by atoms with Gasteiger partial charge in [0.15, 0.2) is 11.9 Å². The zero-order chi connectivity index (χ0) is 23.1. The molecule has 0 spiro atoms. The van der Waals surface area contributed by atoms with Gasteiger partial charge in [0.1, 0.15) is 46.4 Å². The van der Waals surface area contributed by atoms with Crippen molar-refractivity contribution in [3.63, 3.8) is 0 Å². The summed E-state index contributed by atoms with van der Waals surface area (Å²) in [6.07, 6.45) is 1.31. The van der Waals surface area contributed by atoms with Crippen LogP contribution in [0.1, 0.15) is 62.3 Å². The molecule has 1 aromatic rings. The quantitative estimate of drug-likeness (QED) is 0.669. The predicted molar refractivity (Wildman–Crippen MR) is 110 cm³/mol. The lowest BCUT2D eigenvalue weighted by Gasteiger charge is -2.32. The number of rotatable bonds is 3. The van der Waals surface area contributed by atoms with Crippen LogP contribution in [0.4, 0.5) is 0 Å². The highest BCUT2D eigenvalue weighted by Gasteiger charge is 2.43. The number of methoxy groups -OCH3 is 1. The van der Waals surface area contributed by atoms with Gasteiger partial charge in [-0.25, -0.2) is 9.59 Å². The van der Waals surface area contributed by atoms with E-state index in [4.69, 9.17) is 23.7 Å². The van der Waals surface area contributed by atoms with Gasteiger partial charge in [-0.05, 0) is 53.7 Å². The Bertz CT molecular complexity index is 1000. The molecule has 0 amide bonds. The van der Waals surface area contributed by atoms with Crippen molar-refractivity contribution < 1.29 is 38.1 Å². The van der Waals surface area contributed by atoms with Crippen LogP contribution in [0.15, 0.2) is 35.8 Å². The van der Waals surface area contributed by atoms with Crippen molar-refractivity contribution in [1.29, 1.82) is 0 Å². The van der Waals surface area contributed by atoms with Crippen LogP contribution in [0.25, 0.3) is 0 Å². The number of carbonyl (C=O) groups excluding carboxylic acids is 3. The number of hydrogen-bond acceptors (Lipinski definition) is 8. The topological polar surface area (TPSA) is 97.4 Å². The maximum atomic E-state index is 13.2. The van der Waals surface area contributed by atoms with Crippen molar-refractivity contribution >= 4 is 17.7 Å². The summed E-state index contributed by atoms with van der Waals surface area (Å²) in [7, 11) is 1.42. The summed E-state index contributed by atoms with van der Waals surface area (Å²) in [5.41, 5.74) is -1.28. The van der Waals surface area contributed by atoms with Crippen LogP contribution in [0.3, 0.4) is 0 Å². The van der Waals surface area contributed by atoms with Gasteiger partial charge in [0.05, 0.1) is 18.2 Å². The molecule has 8 heteroatoms. The molecule has 0 aromatic heterocycles. The first-order valence-corrected chi connectivity index (χ1v) is 9.76. The maximum Gasteiger partial charge on any atom is 0.342 e. The lowest BCUT2D eigenvalue weighted by Crippen LogP contribution is -2.39. The van der Waals surface area contributed by atoms with Gasteiger partial charge in [0, 0.05) is 0 Å². The number of esters is 2. The van der Waals surface area contributed by atoms with E-state index in [2.05, 4.69) is 0 Å². The van der Waals surface area contributed by atoms with Gasteiger partial charge in [-0.15, -0.1) is 0 Å². The van der Waals surface area contributed by atoms with Gasteiger partial charge < -0.3 is 23.7 Å². The highest BCUT2D eigenvalue weighted by atomic mass is 16.6. The number of ether oxygens (including phenoxy) is 5. The average molecular weight is 430 g/mol. The van der Waals surface area contributed by atoms with Crippen LogP contribution >= 0.6 is 0 Å². The Morgan fingerprint density at radius 3 is 2.13 bits per heavy atom. The zero-order valence-corrected chi connectivity index (χ0v) is 18.7. The Hall–Kier alpha value is -3.29. The molecule has 0 bridgehead atoms. The zero-order valence-electron chi connectivity index (χ0n) is 18.7. The SMILES string of the molecule is COc1cc(C(=O)OC(C)(C)C)c2c(c1)C(=O)C1=COC=C(C(=O)OC(C)(C)C)C1O2. The summed E-state index contributed by atoms with van der Waals surface area (Å²) in [5, 5.41) is 0. The molecule has 2 aliphatic heterocycles. The Morgan fingerprint density at radius 1 is 0.935 bits per heavy atom. The number of hydrogen-bond donors (Lipinski definition) is 0. The first kappa shape index (κ1) is 22.4. The van der Waals surface area contributed by atoms with Crippen LogP contribution in [-0.4, -0.2) is 42.1 Å². The molecule has 0 fully saturated rings. The van der Waals surface area contributed by atoms with Crippen molar-refractivity contribution in [1.82, 2.24) is 0 Å². The van der Waals surface area contributed by atoms with Gasteiger partial charge >= 0.3 is 11.9 Å². The molecule has 2 aliphatic rings. The van der Waals surface area contributed by atoms with Crippen molar-refractivity contribution in [3.8, 4) is 11.5 Å². The monoisotopic (exact) mass is 430 g/mol. The van der Waals surface area contributed by atoms with E-state index in [0.29, 0.717) is 0 Å². The fraction of sp³-hybridized carbons (Fsp3) is 0.435. The number of benzene rings is 1. The molecule has 8 nitrogen and oxygen atoms in total. The van der Waals surface area contributed by atoms with Crippen molar-refractivity contribution in [3.05, 3.63) is 46.9 Å². The third-order valence-corrected chi connectivity index (χ3v) is 4.25. The average Bonchev–Trinajstić information content (AvgIpc) is 2.64. The summed E-state index contributed by atoms with van der Waals surface area (Å²) < 4.78 is 27.4. The van der Waals surface area contributed by atoms with Crippen molar-refractivity contribution in [2.24, 2.45) is 0 Å². The lowest BCUT2D eigenvalue weighted by molar-refractivity contribution is -0.151. The Labute approximate surface area is 180 Å². The highest BCUT2D eigenvalue weighted by Crippen LogP contribution is 2.41. The fourth-order valence-electron chi connectivity index (χ4n) is 3.04. The maximum absolute atomic E-state index is 13.2. The molecule has 0 saturated heterocycles. The Balaban J connectivity index is 2.07. The second kappa shape index (κ2) is 7.76. The third kappa shape index (κ3) is 4.73. The highest BCUT2D eigenvalue weighted by molar-refractivity contribution is 6.15. The molecule has 2 heterocycles. The van der Waals surface area contributed by atoms with Gasteiger partial charge in [-0.3, -0.25) is 4.79 Å². The first-order chi connectivity index (χ1) is 14.3. The van der Waals surface area contributed by atoms with Crippen LogP contribution in [0.2, 0.25) is 0 Å². The van der Waals surface area contributed by atoms with Crippen LogP contribution in [0, 0.1) is 0 Å². The van der Waals surface area contributed by atoms with E-state index >= 15 is 0 Å². The van der Waals surface area contributed by atoms with Crippen molar-refractivity contribution in [2.75, 3.05) is 7.11 Å². The van der Waals surface area contributed by atoms with E-state index in [1.165, 1.54) is 31.8 Å². The number of ketones is 1. The Kier molecular flexibility index (Phi) is 5.60. The molecule has 0 N–H and O–H groups in total. The molecule has 166 valence electrons. The van der Waals surface area contributed by atoms with Gasteiger partial charge in [0.2, 0.25) is 0 Å². The first-order valence-electron chi connectivity index (χ1n) is 9.76. The Morgan fingerprint density at radius 2 is 1.55 bits per heavy atom. The minimum atomic E-state index is -1.09. The number of fused-ring (bicyclic) bond motifs is 2. The van der Waals surface area contributed by atoms with Crippen LogP contribution < -0.4 is 9.47 Å². The van der Waals surface area contributed by atoms with E-state index in [-0.39, 0.29) is 33.8 Å². The number of Topliss-reactive ketones (excluding diaryl/α,β-unsaturated/α-hetero) is 1. The molecule has 1 aromatic carbocycles. The smallest absolute Gasteiger partial charge is 0.342 e. The molecule has 0 aliphatic carbocycles. The molecular weight excluding hydrogens is 404 g/mol. The molecule has 0 saturated carbocycles. The van der Waals surface area contributed by atoms with Gasteiger partial charge in [-0.2, -0.15) is 0 Å². The molecule has 1 unspecified atom stereocenters. The number of carbonyl (C=O) groups is 3. The lowest BCUT2D eigenvalue weighted by atomic mass is 9.89. The molecule has 1 atom stereocenters. The molecule has 0 radical (unpaired) electrons. The van der Waals surface area contributed by atoms with E-state index in [1.54, 1.807) is 41.5 Å². The minimum Gasteiger partial charge on any atom is -0.497 e. The summed E-state index contributed by atoms with van der Waals surface area (Å²) in [4.78, 5) is 38.8. The largest absolute Gasteiger partial charge is 0.497 e.